The Balaban J connectivity index is 1.90. The van der Waals surface area contributed by atoms with Crippen LogP contribution in [0.4, 0.5) is 5.95 Å². The van der Waals surface area contributed by atoms with Crippen molar-refractivity contribution in [2.45, 2.75) is 65.4 Å². The van der Waals surface area contributed by atoms with Crippen LogP contribution >= 0.6 is 24.4 Å². The highest BCUT2D eigenvalue weighted by Gasteiger charge is 2.27. The first-order chi connectivity index (χ1) is 18.9. The number of nitrogens with zero attached hydrogens (tertiary/aromatic N) is 4. The molecule has 0 fully saturated rings. The zero-order valence-electron chi connectivity index (χ0n) is 24.0. The number of thiol groups is 1. The van der Waals surface area contributed by atoms with Crippen molar-refractivity contribution in [3.63, 3.8) is 0 Å². The molecule has 1 heterocycles. The highest BCUT2D eigenvalue weighted by molar-refractivity contribution is 7.74. The number of alkyl halides is 1. The Bertz CT molecular complexity index is 1330. The topological polar surface area (TPSA) is 100 Å². The second-order valence-electron chi connectivity index (χ2n) is 10.7. The third kappa shape index (κ3) is 8.01. The number of hydrogen-bond donors (Lipinski definition) is 3. The summed E-state index contributed by atoms with van der Waals surface area (Å²) in [4.78, 5) is 8.41. The van der Waals surface area contributed by atoms with E-state index in [-0.39, 0.29) is 17.3 Å². The molecule has 40 heavy (non-hydrogen) atoms. The number of nitriles is 1. The van der Waals surface area contributed by atoms with Gasteiger partial charge in [0, 0.05) is 23.4 Å². The smallest absolute Gasteiger partial charge is 0.273 e. The van der Waals surface area contributed by atoms with Crippen LogP contribution in [0.15, 0.2) is 42.7 Å². The summed E-state index contributed by atoms with van der Waals surface area (Å²) >= 11 is 9.82. The van der Waals surface area contributed by atoms with Crippen molar-refractivity contribution in [3.8, 4) is 17.6 Å². The van der Waals surface area contributed by atoms with E-state index in [0.717, 1.165) is 46.4 Å². The molecule has 3 aromatic rings. The lowest BCUT2D eigenvalue weighted by Gasteiger charge is -2.29. The Labute approximate surface area is 248 Å². The first kappa shape index (κ1) is 31.5. The van der Waals surface area contributed by atoms with Gasteiger partial charge in [-0.3, -0.25) is 0 Å². The number of nitrogens with one attached hydrogen (secondary N) is 1. The van der Waals surface area contributed by atoms with E-state index < -0.39 is 4.16 Å². The maximum atomic E-state index is 9.94. The second-order valence-corrected chi connectivity index (χ2v) is 11.8. The van der Waals surface area contributed by atoms with Crippen molar-refractivity contribution in [3.05, 3.63) is 76.1 Å². The van der Waals surface area contributed by atoms with Crippen LogP contribution in [0, 0.1) is 11.3 Å². The first-order valence-electron chi connectivity index (χ1n) is 13.3. The minimum absolute atomic E-state index is 0.223. The van der Waals surface area contributed by atoms with Gasteiger partial charge in [-0.1, -0.05) is 59.2 Å². The van der Waals surface area contributed by atoms with E-state index in [1.807, 2.05) is 12.1 Å². The molecule has 0 aliphatic rings. The van der Waals surface area contributed by atoms with Crippen molar-refractivity contribution in [1.29, 1.82) is 5.26 Å². The van der Waals surface area contributed by atoms with Crippen LogP contribution in [0.2, 0.25) is 0 Å². The van der Waals surface area contributed by atoms with Crippen LogP contribution < -0.4 is 14.9 Å². The van der Waals surface area contributed by atoms with Gasteiger partial charge in [0.1, 0.15) is 50.6 Å². The molecular weight excluding hydrogens is 546 g/mol. The molecule has 10 heteroatoms. The summed E-state index contributed by atoms with van der Waals surface area (Å²) in [6.07, 6.45) is 5.04. The number of rotatable bonds is 13. The summed E-state index contributed by atoms with van der Waals surface area (Å²) in [5.41, 5.74) is 7.88. The second kappa shape index (κ2) is 13.6. The average molecular weight is 585 g/mol. The average Bonchev–Trinajstić information content (AvgIpc) is 2.90. The fourth-order valence-corrected chi connectivity index (χ4v) is 4.59. The lowest BCUT2D eigenvalue weighted by molar-refractivity contribution is -0.955. The molecule has 0 aliphatic carbocycles. The van der Waals surface area contributed by atoms with Crippen molar-refractivity contribution in [1.82, 2.24) is 9.97 Å². The fourth-order valence-electron chi connectivity index (χ4n) is 4.42. The predicted molar refractivity (Wildman–Crippen MR) is 161 cm³/mol. The largest absolute Gasteiger partial charge is 0.491 e. The molecule has 0 bridgehead atoms. The van der Waals surface area contributed by atoms with Gasteiger partial charge < -0.3 is 9.47 Å². The fraction of sp³-hybridized carbons (Fsp3) is 0.433. The van der Waals surface area contributed by atoms with Gasteiger partial charge in [0.15, 0.2) is 0 Å². The lowest BCUT2D eigenvalue weighted by atomic mass is 9.75. The number of aryl methyl sites for hydroxylation is 1. The van der Waals surface area contributed by atoms with E-state index in [2.05, 4.69) is 87.1 Å². The zero-order valence-corrected chi connectivity index (χ0v) is 25.7. The van der Waals surface area contributed by atoms with E-state index in [4.69, 9.17) is 21.1 Å². The minimum Gasteiger partial charge on any atom is -0.491 e. The molecule has 0 radical (unpaired) electrons. The van der Waals surface area contributed by atoms with E-state index in [1.165, 1.54) is 7.05 Å². The van der Waals surface area contributed by atoms with Crippen molar-refractivity contribution < 1.29 is 18.8 Å². The van der Waals surface area contributed by atoms with Gasteiger partial charge in [0.25, 0.3) is 5.95 Å². The molecule has 2 N–H and O–H groups in total. The Kier molecular flexibility index (Phi) is 10.7. The number of ether oxygens (including phenoxy) is 2. The van der Waals surface area contributed by atoms with Crippen LogP contribution in [0.3, 0.4) is 0 Å². The molecule has 1 atom stereocenters. The lowest BCUT2D eigenvalue weighted by Crippen LogP contribution is -2.36. The van der Waals surface area contributed by atoms with Gasteiger partial charge in [-0.15, -0.1) is 11.6 Å². The summed E-state index contributed by atoms with van der Waals surface area (Å²) in [5, 5.41) is 19.6. The van der Waals surface area contributed by atoms with Crippen LogP contribution in [0.25, 0.3) is 0 Å². The summed E-state index contributed by atoms with van der Waals surface area (Å²) in [5.74, 6) is 2.27. The van der Waals surface area contributed by atoms with E-state index >= 15 is 0 Å². The van der Waals surface area contributed by atoms with E-state index in [0.29, 0.717) is 30.4 Å². The van der Waals surface area contributed by atoms with E-state index in [1.54, 1.807) is 12.4 Å². The predicted octanol–water partition coefficient (Wildman–Crippen LogP) is 6.95. The van der Waals surface area contributed by atoms with Gasteiger partial charge in [0.2, 0.25) is 0 Å². The Morgan fingerprint density at radius 1 is 1.15 bits per heavy atom. The summed E-state index contributed by atoms with van der Waals surface area (Å²) < 4.78 is 11.3. The highest BCUT2D eigenvalue weighted by Crippen LogP contribution is 2.39. The molecule has 0 spiro atoms. The van der Waals surface area contributed by atoms with Gasteiger partial charge in [-0.2, -0.15) is 15.9 Å². The maximum absolute atomic E-state index is 9.94. The Morgan fingerprint density at radius 2 is 1.85 bits per heavy atom. The number of aromatic nitrogens is 2. The molecule has 8 nitrogen and oxygen atoms in total. The number of hydroxylamine groups is 1. The van der Waals surface area contributed by atoms with Crippen LogP contribution in [-0.2, 0) is 18.4 Å². The standard InChI is InChI=1S/C30H39ClN5O3S/c1-7-8-22-13-25(14-23(16-32)28(22)38-12-11-31)30(4,5)24-9-10-27(26(15-24)20(2)3)39-19-21-17-33-29(34-18-21)35-36(6,37)40/h9-10,13-15,17-18,20,37,40H,7-8,11-12,19H2,1-6H3,(H,33,34,35)/q+1. The molecule has 214 valence electrons. The maximum Gasteiger partial charge on any atom is 0.273 e. The van der Waals surface area contributed by atoms with Gasteiger partial charge >= 0.3 is 0 Å². The number of quaternary nitrogens is 1. The molecule has 2 aromatic carbocycles. The minimum atomic E-state index is -0.778. The Morgan fingerprint density at radius 3 is 2.42 bits per heavy atom. The van der Waals surface area contributed by atoms with Crippen molar-refractivity contribution >= 4 is 30.4 Å². The van der Waals surface area contributed by atoms with Crippen molar-refractivity contribution in [2.24, 2.45) is 0 Å². The van der Waals surface area contributed by atoms with E-state index in [9.17, 15) is 10.5 Å². The third-order valence-corrected chi connectivity index (χ3v) is 6.87. The summed E-state index contributed by atoms with van der Waals surface area (Å²) in [6.45, 7) is 11.4. The molecule has 3 rings (SSSR count). The number of halogens is 1. The van der Waals surface area contributed by atoms with Crippen LogP contribution in [0.5, 0.6) is 11.5 Å². The molecule has 1 aromatic heterocycles. The summed E-state index contributed by atoms with van der Waals surface area (Å²) in [6, 6.07) is 12.7. The zero-order chi connectivity index (χ0) is 29.5. The van der Waals surface area contributed by atoms with Gasteiger partial charge in [-0.25, -0.2) is 9.97 Å². The molecule has 0 saturated carbocycles. The van der Waals surface area contributed by atoms with Crippen LogP contribution in [-0.4, -0.2) is 38.9 Å². The summed E-state index contributed by atoms with van der Waals surface area (Å²) in [7, 11) is 1.43. The number of hydrogen-bond acceptors (Lipinski definition) is 8. The molecule has 0 saturated heterocycles. The van der Waals surface area contributed by atoms with Crippen molar-refractivity contribution in [2.75, 3.05) is 25.0 Å². The highest BCUT2D eigenvalue weighted by atomic mass is 35.5. The number of benzene rings is 2. The molecule has 0 aliphatic heterocycles. The normalized spacial score (nSPS) is 13.0. The Hall–Kier alpha value is -3.03. The molecule has 0 amide bonds. The van der Waals surface area contributed by atoms with Crippen LogP contribution in [0.1, 0.15) is 80.3 Å². The van der Waals surface area contributed by atoms with Gasteiger partial charge in [0.05, 0.1) is 11.4 Å². The molecular formula is C30H39ClN5O3S+. The quantitative estimate of drug-likeness (QED) is 0.0864. The SMILES string of the molecule is CCCc1cc(C(C)(C)c2ccc(OCc3cnc(N[N+](C)(O)S)nc3)c(C(C)C)c2)cc(C#N)c1OCCCl. The number of anilines is 1. The third-order valence-electron chi connectivity index (χ3n) is 6.62. The molecule has 1 unspecified atom stereocenters. The monoisotopic (exact) mass is 584 g/mol. The first-order valence-corrected chi connectivity index (χ1v) is 14.3. The van der Waals surface area contributed by atoms with Gasteiger partial charge in [-0.05, 0) is 50.9 Å².